The fraction of sp³-hybridized carbons (Fsp3) is 0.562. The van der Waals surface area contributed by atoms with E-state index in [1.807, 2.05) is 24.9 Å². The summed E-state index contributed by atoms with van der Waals surface area (Å²) in [5, 5.41) is 2.83. The van der Waals surface area contributed by atoms with Crippen molar-refractivity contribution < 1.29 is 4.79 Å². The van der Waals surface area contributed by atoms with Gasteiger partial charge in [0.1, 0.15) is 0 Å². The van der Waals surface area contributed by atoms with Crippen molar-refractivity contribution >= 4 is 5.91 Å². The molecule has 2 unspecified atom stereocenters. The van der Waals surface area contributed by atoms with Crippen LogP contribution in [0.1, 0.15) is 37.4 Å². The van der Waals surface area contributed by atoms with E-state index in [9.17, 15) is 4.79 Å². The lowest BCUT2D eigenvalue weighted by atomic mass is 9.95. The van der Waals surface area contributed by atoms with Crippen molar-refractivity contribution in [3.8, 4) is 0 Å². The molecule has 0 aliphatic carbocycles. The zero-order valence-corrected chi connectivity index (χ0v) is 13.0. The zero-order chi connectivity index (χ0) is 15.1. The molecule has 0 aliphatic rings. The second-order valence-corrected chi connectivity index (χ2v) is 5.30. The van der Waals surface area contributed by atoms with Crippen molar-refractivity contribution in [2.45, 2.75) is 39.3 Å². The third-order valence-electron chi connectivity index (χ3n) is 3.50. The monoisotopic (exact) mass is 277 g/mol. The highest BCUT2D eigenvalue weighted by atomic mass is 16.2. The Morgan fingerprint density at radius 1 is 1.40 bits per heavy atom. The Morgan fingerprint density at radius 3 is 2.65 bits per heavy atom. The highest BCUT2D eigenvalue weighted by Gasteiger charge is 2.24. The lowest BCUT2D eigenvalue weighted by Gasteiger charge is -2.32. The highest BCUT2D eigenvalue weighted by molar-refractivity contribution is 5.77. The van der Waals surface area contributed by atoms with Crippen molar-refractivity contribution in [3.05, 3.63) is 35.4 Å². The Morgan fingerprint density at radius 2 is 2.10 bits per heavy atom. The summed E-state index contributed by atoms with van der Waals surface area (Å²) in [6.07, 6.45) is 0.873. The van der Waals surface area contributed by atoms with Gasteiger partial charge in [-0.05, 0) is 32.9 Å². The number of hydrogen-bond donors (Lipinski definition) is 2. The molecule has 20 heavy (non-hydrogen) atoms. The molecule has 0 heterocycles. The van der Waals surface area contributed by atoms with Crippen molar-refractivity contribution in [1.82, 2.24) is 10.2 Å². The van der Waals surface area contributed by atoms with E-state index in [0.717, 1.165) is 6.42 Å². The molecule has 1 aromatic rings. The predicted octanol–water partition coefficient (Wildman–Crippen LogP) is 1.84. The van der Waals surface area contributed by atoms with E-state index in [1.54, 1.807) is 0 Å². The lowest BCUT2D eigenvalue weighted by molar-refractivity contribution is -0.122. The van der Waals surface area contributed by atoms with Crippen LogP contribution in [0.2, 0.25) is 0 Å². The molecule has 112 valence electrons. The number of likely N-dealkylation sites (N-methyl/N-ethyl adjacent to an activating group) is 2. The number of hydrogen-bond acceptors (Lipinski definition) is 3. The number of aryl methyl sites for hydroxylation is 1. The molecule has 4 nitrogen and oxygen atoms in total. The van der Waals surface area contributed by atoms with Gasteiger partial charge in [0.15, 0.2) is 0 Å². The first kappa shape index (κ1) is 16.7. The smallest absolute Gasteiger partial charge is 0.234 e. The molecule has 0 fully saturated rings. The van der Waals surface area contributed by atoms with E-state index < -0.39 is 0 Å². The summed E-state index contributed by atoms with van der Waals surface area (Å²) in [4.78, 5) is 13.8. The normalized spacial score (nSPS) is 14.1. The second-order valence-electron chi connectivity index (χ2n) is 5.30. The topological polar surface area (TPSA) is 58.4 Å². The molecule has 0 saturated heterocycles. The van der Waals surface area contributed by atoms with Gasteiger partial charge in [0, 0.05) is 12.6 Å². The van der Waals surface area contributed by atoms with Gasteiger partial charge in [0.05, 0.1) is 12.6 Å². The van der Waals surface area contributed by atoms with Crippen LogP contribution < -0.4 is 11.1 Å². The number of nitrogens with zero attached hydrogens (tertiary/aromatic N) is 1. The average Bonchev–Trinajstić information content (AvgIpc) is 2.39. The van der Waals surface area contributed by atoms with Crippen LogP contribution >= 0.6 is 0 Å². The number of carbonyl (C=O) groups excluding carboxylic acids is 1. The van der Waals surface area contributed by atoms with Gasteiger partial charge < -0.3 is 11.1 Å². The zero-order valence-electron chi connectivity index (χ0n) is 13.0. The largest absolute Gasteiger partial charge is 0.355 e. The van der Waals surface area contributed by atoms with E-state index in [-0.39, 0.29) is 18.0 Å². The van der Waals surface area contributed by atoms with Crippen LogP contribution in [0, 0.1) is 6.92 Å². The molecule has 3 N–H and O–H groups in total. The molecule has 1 amide bonds. The van der Waals surface area contributed by atoms with E-state index in [4.69, 9.17) is 5.73 Å². The SMILES string of the molecule is CCNC(=O)CN(C)C(c1cccc(C)c1)C(N)CC. The fourth-order valence-electron chi connectivity index (χ4n) is 2.48. The van der Waals surface area contributed by atoms with Gasteiger partial charge in [-0.2, -0.15) is 0 Å². The van der Waals surface area contributed by atoms with Gasteiger partial charge in [-0.25, -0.2) is 0 Å². The summed E-state index contributed by atoms with van der Waals surface area (Å²) in [7, 11) is 1.96. The first-order valence-corrected chi connectivity index (χ1v) is 7.28. The first-order chi connectivity index (χ1) is 9.49. The minimum Gasteiger partial charge on any atom is -0.355 e. The number of nitrogens with two attached hydrogens (primary N) is 1. The summed E-state index contributed by atoms with van der Waals surface area (Å²) in [6.45, 7) is 7.09. The van der Waals surface area contributed by atoms with Gasteiger partial charge in [-0.3, -0.25) is 9.69 Å². The van der Waals surface area contributed by atoms with Crippen molar-refractivity contribution in [3.63, 3.8) is 0 Å². The predicted molar refractivity (Wildman–Crippen MR) is 83.5 cm³/mol. The molecule has 4 heteroatoms. The van der Waals surface area contributed by atoms with Gasteiger partial charge in [0.25, 0.3) is 0 Å². The highest BCUT2D eigenvalue weighted by Crippen LogP contribution is 2.24. The molecular weight excluding hydrogens is 250 g/mol. The van der Waals surface area contributed by atoms with Crippen molar-refractivity contribution in [2.75, 3.05) is 20.1 Å². The Balaban J connectivity index is 2.92. The van der Waals surface area contributed by atoms with Crippen LogP contribution in [-0.4, -0.2) is 37.0 Å². The minimum absolute atomic E-state index is 0.0104. The number of amides is 1. The summed E-state index contributed by atoms with van der Waals surface area (Å²) in [6, 6.07) is 8.41. The molecule has 0 saturated carbocycles. The summed E-state index contributed by atoms with van der Waals surface area (Å²) in [5.74, 6) is 0.0379. The number of benzene rings is 1. The van der Waals surface area contributed by atoms with E-state index in [1.165, 1.54) is 11.1 Å². The van der Waals surface area contributed by atoms with E-state index in [0.29, 0.717) is 13.1 Å². The van der Waals surface area contributed by atoms with E-state index >= 15 is 0 Å². The average molecular weight is 277 g/mol. The Hall–Kier alpha value is -1.39. The van der Waals surface area contributed by atoms with E-state index in [2.05, 4.69) is 37.4 Å². The first-order valence-electron chi connectivity index (χ1n) is 7.28. The van der Waals surface area contributed by atoms with Gasteiger partial charge in [-0.1, -0.05) is 36.8 Å². The Labute approximate surface area is 122 Å². The van der Waals surface area contributed by atoms with Crippen LogP contribution in [0.15, 0.2) is 24.3 Å². The van der Waals surface area contributed by atoms with Gasteiger partial charge in [0.2, 0.25) is 5.91 Å². The molecule has 0 radical (unpaired) electrons. The molecule has 0 spiro atoms. The second kappa shape index (κ2) is 8.02. The minimum atomic E-state index is 0.0104. The maximum absolute atomic E-state index is 11.8. The molecule has 0 aliphatic heterocycles. The quantitative estimate of drug-likeness (QED) is 0.799. The van der Waals surface area contributed by atoms with Crippen molar-refractivity contribution in [2.24, 2.45) is 5.73 Å². The van der Waals surface area contributed by atoms with Crippen molar-refractivity contribution in [1.29, 1.82) is 0 Å². The number of rotatable bonds is 7. The van der Waals surface area contributed by atoms with Crippen LogP contribution in [0.3, 0.4) is 0 Å². The summed E-state index contributed by atoms with van der Waals surface area (Å²) < 4.78 is 0. The fourth-order valence-corrected chi connectivity index (χ4v) is 2.48. The standard InChI is InChI=1S/C16H27N3O/c1-5-14(17)16(13-9-7-8-12(3)10-13)19(4)11-15(20)18-6-2/h7-10,14,16H,5-6,11,17H2,1-4H3,(H,18,20). The molecule has 1 rings (SSSR count). The summed E-state index contributed by atoms with van der Waals surface area (Å²) >= 11 is 0. The van der Waals surface area contributed by atoms with Crippen LogP contribution in [0.25, 0.3) is 0 Å². The van der Waals surface area contributed by atoms with Crippen LogP contribution in [-0.2, 0) is 4.79 Å². The third kappa shape index (κ3) is 4.62. The number of nitrogens with one attached hydrogen (secondary N) is 1. The third-order valence-corrected chi connectivity index (χ3v) is 3.50. The van der Waals surface area contributed by atoms with Gasteiger partial charge >= 0.3 is 0 Å². The van der Waals surface area contributed by atoms with Crippen LogP contribution in [0.5, 0.6) is 0 Å². The molecule has 0 bridgehead atoms. The molecule has 1 aromatic carbocycles. The summed E-state index contributed by atoms with van der Waals surface area (Å²) in [5.41, 5.74) is 8.66. The maximum atomic E-state index is 11.8. The van der Waals surface area contributed by atoms with Crippen LogP contribution in [0.4, 0.5) is 0 Å². The Bertz CT molecular complexity index is 433. The lowest BCUT2D eigenvalue weighted by Crippen LogP contribution is -2.43. The number of carbonyl (C=O) groups is 1. The molecule has 2 atom stereocenters. The maximum Gasteiger partial charge on any atom is 0.234 e. The van der Waals surface area contributed by atoms with Gasteiger partial charge in [-0.15, -0.1) is 0 Å². The Kier molecular flexibility index (Phi) is 6.68. The molecular formula is C16H27N3O. The molecule has 0 aromatic heterocycles.